The average molecular weight is 435 g/mol. The Morgan fingerprint density at radius 3 is 2.53 bits per heavy atom. The van der Waals surface area contributed by atoms with Crippen LogP contribution in [-0.4, -0.2) is 23.8 Å². The number of amides is 1. The van der Waals surface area contributed by atoms with E-state index in [2.05, 4.69) is 24.4 Å². The molecule has 0 aliphatic carbocycles. The minimum absolute atomic E-state index is 0.0225. The Balaban J connectivity index is 1.41. The van der Waals surface area contributed by atoms with Crippen LogP contribution in [0, 0.1) is 0 Å². The summed E-state index contributed by atoms with van der Waals surface area (Å²) in [6, 6.07) is 21.9. The fraction of sp³-hybridized carbons (Fsp3) is 0.167. The van der Waals surface area contributed by atoms with Gasteiger partial charge >= 0.3 is 0 Å². The summed E-state index contributed by atoms with van der Waals surface area (Å²) >= 11 is 3.42. The normalized spacial score (nSPS) is 10.9. The number of thiazole rings is 1. The highest BCUT2D eigenvalue weighted by molar-refractivity contribution is 7.99. The van der Waals surface area contributed by atoms with Gasteiger partial charge in [-0.1, -0.05) is 19.1 Å². The molecule has 1 amide bonds. The number of rotatable bonds is 7. The molecule has 1 heterocycles. The van der Waals surface area contributed by atoms with Crippen molar-refractivity contribution in [2.75, 3.05) is 18.2 Å². The summed E-state index contributed by atoms with van der Waals surface area (Å²) < 4.78 is 6.37. The van der Waals surface area contributed by atoms with Gasteiger partial charge in [0.2, 0.25) is 5.91 Å². The van der Waals surface area contributed by atoms with E-state index in [1.807, 2.05) is 54.6 Å². The quantitative estimate of drug-likeness (QED) is 0.349. The number of hydrogen-bond acceptors (Lipinski definition) is 5. The van der Waals surface area contributed by atoms with E-state index in [1.54, 1.807) is 30.2 Å². The van der Waals surface area contributed by atoms with E-state index in [0.717, 1.165) is 43.5 Å². The third kappa shape index (κ3) is 4.83. The second-order valence-corrected chi connectivity index (χ2v) is 9.10. The van der Waals surface area contributed by atoms with Gasteiger partial charge in [-0.3, -0.25) is 4.79 Å². The van der Waals surface area contributed by atoms with E-state index < -0.39 is 0 Å². The van der Waals surface area contributed by atoms with Crippen LogP contribution in [0.2, 0.25) is 0 Å². The molecule has 4 aromatic rings. The minimum Gasteiger partial charge on any atom is -0.497 e. The lowest BCUT2D eigenvalue weighted by Gasteiger charge is -2.07. The van der Waals surface area contributed by atoms with Crippen molar-refractivity contribution >= 4 is 44.9 Å². The van der Waals surface area contributed by atoms with Crippen LogP contribution in [0.25, 0.3) is 20.8 Å². The van der Waals surface area contributed by atoms with Gasteiger partial charge in [-0.05, 0) is 65.9 Å². The molecule has 4 nitrogen and oxygen atoms in total. The Hall–Kier alpha value is -2.83. The number of nitrogens with zero attached hydrogens (tertiary/aromatic N) is 1. The zero-order valence-electron chi connectivity index (χ0n) is 16.8. The van der Waals surface area contributed by atoms with Gasteiger partial charge in [0.05, 0.1) is 23.7 Å². The number of hydrogen-bond donors (Lipinski definition) is 1. The van der Waals surface area contributed by atoms with Crippen molar-refractivity contribution < 1.29 is 9.53 Å². The molecule has 6 heteroatoms. The predicted molar refractivity (Wildman–Crippen MR) is 127 cm³/mol. The van der Waals surface area contributed by atoms with Crippen LogP contribution in [0.15, 0.2) is 71.6 Å². The first kappa shape index (κ1) is 20.4. The lowest BCUT2D eigenvalue weighted by Crippen LogP contribution is -2.14. The number of anilines is 1. The minimum atomic E-state index is -0.0225. The molecule has 1 N–H and O–H groups in total. The molecule has 0 spiro atoms. The molecule has 0 fully saturated rings. The Morgan fingerprint density at radius 2 is 1.83 bits per heavy atom. The zero-order chi connectivity index (χ0) is 20.9. The molecule has 0 aliphatic heterocycles. The number of fused-ring (bicyclic) bond motifs is 1. The number of carbonyl (C=O) groups excluding carboxylic acids is 1. The van der Waals surface area contributed by atoms with Crippen LogP contribution in [0.1, 0.15) is 12.5 Å². The smallest absolute Gasteiger partial charge is 0.228 e. The van der Waals surface area contributed by atoms with Crippen LogP contribution in [0.5, 0.6) is 5.75 Å². The number of ether oxygens (including phenoxy) is 1. The van der Waals surface area contributed by atoms with Crippen molar-refractivity contribution in [3.63, 3.8) is 0 Å². The van der Waals surface area contributed by atoms with Crippen LogP contribution in [0.4, 0.5) is 5.69 Å². The monoisotopic (exact) mass is 434 g/mol. The second-order valence-electron chi connectivity index (χ2n) is 6.73. The summed E-state index contributed by atoms with van der Waals surface area (Å²) in [5, 5.41) is 3.92. The fourth-order valence-electron chi connectivity index (χ4n) is 3.11. The molecule has 30 heavy (non-hydrogen) atoms. The maximum atomic E-state index is 12.4. The molecule has 4 rings (SSSR count). The number of carbonyl (C=O) groups is 1. The summed E-state index contributed by atoms with van der Waals surface area (Å²) in [7, 11) is 1.66. The van der Waals surface area contributed by atoms with E-state index in [4.69, 9.17) is 9.72 Å². The highest BCUT2D eigenvalue weighted by Crippen LogP contribution is 2.32. The molecule has 1 aromatic heterocycles. The molecule has 0 radical (unpaired) electrons. The number of nitrogens with one attached hydrogen (secondary N) is 1. The Labute approximate surface area is 184 Å². The molecule has 0 saturated heterocycles. The van der Waals surface area contributed by atoms with Gasteiger partial charge in [0.15, 0.2) is 0 Å². The highest BCUT2D eigenvalue weighted by Gasteiger charge is 2.09. The first-order chi connectivity index (χ1) is 14.6. The van der Waals surface area contributed by atoms with Crippen molar-refractivity contribution in [2.45, 2.75) is 18.2 Å². The summed E-state index contributed by atoms with van der Waals surface area (Å²) in [4.78, 5) is 18.3. The second kappa shape index (κ2) is 9.32. The molecular formula is C24H22N2O2S2. The van der Waals surface area contributed by atoms with E-state index in [1.165, 1.54) is 4.90 Å². The fourth-order valence-corrected chi connectivity index (χ4v) is 4.77. The summed E-state index contributed by atoms with van der Waals surface area (Å²) in [6.45, 7) is 2.13. The van der Waals surface area contributed by atoms with Crippen LogP contribution >= 0.6 is 23.1 Å². The van der Waals surface area contributed by atoms with E-state index in [9.17, 15) is 4.79 Å². The first-order valence-electron chi connectivity index (χ1n) is 9.71. The SMILES string of the molecule is CCSc1ccc(CC(=O)Nc2ccc(-c3nc4ccc(OC)cc4s3)cc2)cc1. The van der Waals surface area contributed by atoms with Crippen molar-refractivity contribution in [1.29, 1.82) is 0 Å². The van der Waals surface area contributed by atoms with Gasteiger partial charge in [-0.2, -0.15) is 0 Å². The van der Waals surface area contributed by atoms with Crippen molar-refractivity contribution in [3.05, 3.63) is 72.3 Å². The molecular weight excluding hydrogens is 412 g/mol. The zero-order valence-corrected chi connectivity index (χ0v) is 18.5. The number of thioether (sulfide) groups is 1. The maximum Gasteiger partial charge on any atom is 0.228 e. The van der Waals surface area contributed by atoms with E-state index >= 15 is 0 Å². The lowest BCUT2D eigenvalue weighted by molar-refractivity contribution is -0.115. The molecule has 3 aromatic carbocycles. The topological polar surface area (TPSA) is 51.2 Å². The third-order valence-electron chi connectivity index (χ3n) is 4.61. The molecule has 0 atom stereocenters. The van der Waals surface area contributed by atoms with Gasteiger partial charge in [-0.25, -0.2) is 4.98 Å². The third-order valence-corrected chi connectivity index (χ3v) is 6.57. The highest BCUT2D eigenvalue weighted by atomic mass is 32.2. The van der Waals surface area contributed by atoms with Crippen molar-refractivity contribution in [2.24, 2.45) is 0 Å². The number of benzene rings is 3. The number of aromatic nitrogens is 1. The maximum absolute atomic E-state index is 12.4. The van der Waals surface area contributed by atoms with Crippen molar-refractivity contribution in [1.82, 2.24) is 4.98 Å². The molecule has 0 unspecified atom stereocenters. The van der Waals surface area contributed by atoms with Crippen LogP contribution < -0.4 is 10.1 Å². The van der Waals surface area contributed by atoms with Gasteiger partial charge in [0.1, 0.15) is 10.8 Å². The average Bonchev–Trinajstić information content (AvgIpc) is 3.19. The molecule has 0 aliphatic rings. The first-order valence-corrected chi connectivity index (χ1v) is 11.5. The van der Waals surface area contributed by atoms with E-state index in [0.29, 0.717) is 6.42 Å². The van der Waals surface area contributed by atoms with E-state index in [-0.39, 0.29) is 5.91 Å². The van der Waals surface area contributed by atoms with Crippen LogP contribution in [0.3, 0.4) is 0 Å². The summed E-state index contributed by atoms with van der Waals surface area (Å²) in [6.07, 6.45) is 0.360. The number of methoxy groups -OCH3 is 1. The standard InChI is InChI=1S/C24H22N2O2S2/c1-3-29-20-11-4-16(5-12-20)14-23(27)25-18-8-6-17(7-9-18)24-26-21-13-10-19(28-2)15-22(21)30-24/h4-13,15H,3,14H2,1-2H3,(H,25,27). The van der Waals surface area contributed by atoms with Gasteiger partial charge in [-0.15, -0.1) is 23.1 Å². The largest absolute Gasteiger partial charge is 0.497 e. The van der Waals surface area contributed by atoms with Crippen molar-refractivity contribution in [3.8, 4) is 16.3 Å². The van der Waals surface area contributed by atoms with Gasteiger partial charge in [0, 0.05) is 16.1 Å². The summed E-state index contributed by atoms with van der Waals surface area (Å²) in [5.74, 6) is 1.85. The molecule has 0 bridgehead atoms. The van der Waals surface area contributed by atoms with Crippen LogP contribution in [-0.2, 0) is 11.2 Å². The Morgan fingerprint density at radius 1 is 1.07 bits per heavy atom. The van der Waals surface area contributed by atoms with Gasteiger partial charge in [0.25, 0.3) is 0 Å². The Kier molecular flexibility index (Phi) is 6.35. The predicted octanol–water partition coefficient (Wildman–Crippen LogP) is 6.27. The van der Waals surface area contributed by atoms with Gasteiger partial charge < -0.3 is 10.1 Å². The molecule has 0 saturated carbocycles. The summed E-state index contributed by atoms with van der Waals surface area (Å²) in [5.41, 5.74) is 3.77. The lowest BCUT2D eigenvalue weighted by atomic mass is 10.1. The molecule has 152 valence electrons. The Bertz CT molecular complexity index is 1150.